The average Bonchev–Trinajstić information content (AvgIpc) is 1.84. The van der Waals surface area contributed by atoms with Gasteiger partial charge >= 0.3 is 24.5 Å². The summed E-state index contributed by atoms with van der Waals surface area (Å²) in [7, 11) is 0.0952. The zero-order valence-corrected chi connectivity index (χ0v) is 60.6. The first-order chi connectivity index (χ1) is 45.8. The molecule has 98 heavy (non-hydrogen) atoms. The molecule has 0 atom stereocenters. The molecular weight excluding hydrogens is 1310 g/mol. The molecule has 10 rings (SSSR count). The molecule has 2 amide bonds. The van der Waals surface area contributed by atoms with Crippen LogP contribution in [0.4, 0.5) is 35.9 Å². The van der Waals surface area contributed by atoms with Crippen LogP contribution in [0.15, 0.2) is 73.9 Å². The van der Waals surface area contributed by atoms with E-state index in [1.807, 2.05) is 67.5 Å². The molecule has 0 radical (unpaired) electrons. The first kappa shape index (κ1) is 73.8. The molecule has 0 spiro atoms. The second kappa shape index (κ2) is 29.5. The van der Waals surface area contributed by atoms with E-state index in [1.54, 1.807) is 58.9 Å². The third-order valence-corrected chi connectivity index (χ3v) is 19.5. The number of amides is 2. The van der Waals surface area contributed by atoms with Gasteiger partial charge in [-0.25, -0.2) is 38.0 Å². The number of aryl methyl sites for hydroxylation is 2. The van der Waals surface area contributed by atoms with Crippen LogP contribution < -0.4 is 9.47 Å². The third kappa shape index (κ3) is 19.0. The Morgan fingerprint density at radius 1 is 0.551 bits per heavy atom. The summed E-state index contributed by atoms with van der Waals surface area (Å²) in [6, 6.07) is 8.58. The van der Waals surface area contributed by atoms with Crippen LogP contribution >= 0.6 is 0 Å². The van der Waals surface area contributed by atoms with E-state index in [9.17, 15) is 35.9 Å². The second-order valence-electron chi connectivity index (χ2n) is 28.9. The molecule has 528 valence electrons. The Morgan fingerprint density at radius 3 is 1.23 bits per heavy atom. The van der Waals surface area contributed by atoms with E-state index < -0.39 is 52.5 Å². The van der Waals surface area contributed by atoms with Crippen molar-refractivity contribution in [1.82, 2.24) is 68.5 Å². The first-order valence-electron chi connectivity index (χ1n) is 32.4. The minimum absolute atomic E-state index is 0.0349. The zero-order chi connectivity index (χ0) is 71.5. The van der Waals surface area contributed by atoms with Gasteiger partial charge in [0.25, 0.3) is 0 Å². The van der Waals surface area contributed by atoms with Gasteiger partial charge in [0, 0.05) is 103 Å². The van der Waals surface area contributed by atoms with Crippen molar-refractivity contribution in [3.63, 3.8) is 0 Å². The SMILES string of the molecule is COc1cc(-c2c(CC(F)(F)F)c(-c3cc(C)c(C4=CCN(C(=O)OC(C)(C)C)CC4)cn3)nn2COCC[Si](C)(C)C)cn2ncnc12.COc1cc(-c2c(CC(F)(F)F)c(-c3cc(C)c(C4=CCN(C(=O)OC(C)(C)C)CC4)cn3)nn2COCC[Si](C)(C)C)cn2ncnc12. The summed E-state index contributed by atoms with van der Waals surface area (Å²) >= 11 is 0. The van der Waals surface area contributed by atoms with Crippen LogP contribution in [0, 0.1) is 13.8 Å². The molecule has 30 heteroatoms. The number of halogens is 6. The molecule has 0 bridgehead atoms. The van der Waals surface area contributed by atoms with Gasteiger partial charge in [-0.2, -0.15) is 46.7 Å². The number of aromatic nitrogens is 12. The van der Waals surface area contributed by atoms with E-state index in [1.165, 1.54) is 45.3 Å². The Bertz CT molecular complexity index is 3980. The molecule has 0 saturated heterocycles. The maximum Gasteiger partial charge on any atom is 0.410 e. The molecule has 0 unspecified atom stereocenters. The normalized spacial score (nSPS) is 14.3. The molecule has 0 fully saturated rings. The van der Waals surface area contributed by atoms with Crippen LogP contribution in [-0.4, -0.2) is 174 Å². The van der Waals surface area contributed by atoms with Gasteiger partial charge in [-0.15, -0.1) is 0 Å². The highest BCUT2D eigenvalue weighted by Crippen LogP contribution is 2.42. The first-order valence-corrected chi connectivity index (χ1v) is 39.8. The Hall–Kier alpha value is -8.49. The van der Waals surface area contributed by atoms with Crippen molar-refractivity contribution in [1.29, 1.82) is 0 Å². The fourth-order valence-electron chi connectivity index (χ4n) is 11.2. The lowest BCUT2D eigenvalue weighted by molar-refractivity contribution is -0.128. The number of methoxy groups -OCH3 is 2. The van der Waals surface area contributed by atoms with E-state index in [0.29, 0.717) is 97.5 Å². The highest BCUT2D eigenvalue weighted by atomic mass is 28.3. The van der Waals surface area contributed by atoms with Gasteiger partial charge in [-0.05, 0) is 138 Å². The Labute approximate surface area is 568 Å². The van der Waals surface area contributed by atoms with Crippen LogP contribution in [0.25, 0.3) is 67.7 Å². The number of rotatable bonds is 20. The van der Waals surface area contributed by atoms with Crippen molar-refractivity contribution in [2.75, 3.05) is 53.6 Å². The van der Waals surface area contributed by atoms with Crippen LogP contribution in [0.3, 0.4) is 0 Å². The lowest BCUT2D eigenvalue weighted by Crippen LogP contribution is -2.39. The molecule has 2 aliphatic heterocycles. The molecule has 0 aromatic carbocycles. The predicted octanol–water partition coefficient (Wildman–Crippen LogP) is 14.8. The lowest BCUT2D eigenvalue weighted by Gasteiger charge is -2.30. The van der Waals surface area contributed by atoms with E-state index in [2.05, 4.69) is 69.4 Å². The number of hydrogen-bond acceptors (Lipinski definition) is 16. The van der Waals surface area contributed by atoms with Crippen molar-refractivity contribution in [2.24, 2.45) is 0 Å². The molecule has 22 nitrogen and oxygen atoms in total. The zero-order valence-electron chi connectivity index (χ0n) is 58.6. The van der Waals surface area contributed by atoms with Crippen LogP contribution in [0.2, 0.25) is 51.4 Å². The standard InChI is InChI=1S/2C34H44F3N7O4Si/c2*1-22-15-27(38-18-26(22)23-9-11-42(12-10-23)32(45)48-33(2,3)4)29-25(17-34(35,36)37)30(44(41-29)21-47-13-14-49(6,7)8)24-16-28(46-5)31-39-20-40-43(31)19-24/h2*9,15-16,18-20H,10-14,17,21H2,1-8H3. The molecule has 0 N–H and O–H groups in total. The van der Waals surface area contributed by atoms with E-state index in [-0.39, 0.29) is 59.6 Å². The van der Waals surface area contributed by atoms with E-state index >= 15 is 0 Å². The highest BCUT2D eigenvalue weighted by molar-refractivity contribution is 6.76. The number of nitrogens with zero attached hydrogens (tertiary/aromatic N) is 14. The summed E-state index contributed by atoms with van der Waals surface area (Å²) in [4.78, 5) is 46.1. The van der Waals surface area contributed by atoms with Gasteiger partial charge in [0.2, 0.25) is 0 Å². The summed E-state index contributed by atoms with van der Waals surface area (Å²) in [6.07, 6.45) is 2.06. The second-order valence-corrected chi connectivity index (χ2v) is 40.1. The van der Waals surface area contributed by atoms with Crippen molar-refractivity contribution >= 4 is 50.8 Å². The molecule has 0 aliphatic carbocycles. The minimum atomic E-state index is -4.54. The van der Waals surface area contributed by atoms with Crippen molar-refractivity contribution in [3.8, 4) is 56.8 Å². The van der Waals surface area contributed by atoms with Crippen molar-refractivity contribution in [2.45, 2.75) is 169 Å². The van der Waals surface area contributed by atoms with Gasteiger partial charge in [-0.3, -0.25) is 9.97 Å². The number of carbonyl (C=O) groups excluding carboxylic acids is 2. The third-order valence-electron chi connectivity index (χ3n) is 16.1. The smallest absolute Gasteiger partial charge is 0.410 e. The van der Waals surface area contributed by atoms with Gasteiger partial charge in [0.05, 0.1) is 49.8 Å². The summed E-state index contributed by atoms with van der Waals surface area (Å²) in [5.41, 5.74) is 7.13. The Morgan fingerprint density at radius 2 is 0.929 bits per heavy atom. The number of hydrogen-bond donors (Lipinski definition) is 0. The summed E-state index contributed by atoms with van der Waals surface area (Å²) in [5, 5.41) is 17.9. The lowest BCUT2D eigenvalue weighted by atomic mass is 9.95. The topological polar surface area (TPSA) is 218 Å². The predicted molar refractivity (Wildman–Crippen MR) is 366 cm³/mol. The molecule has 8 aromatic rings. The molecular formula is C68H88F6N14O8Si2. The molecule has 0 saturated carbocycles. The molecule has 8 aromatic heterocycles. The Balaban J connectivity index is 0.000000229. The van der Waals surface area contributed by atoms with Gasteiger partial charge < -0.3 is 38.2 Å². The highest BCUT2D eigenvalue weighted by Gasteiger charge is 2.37. The van der Waals surface area contributed by atoms with Crippen molar-refractivity contribution < 1.29 is 64.4 Å². The van der Waals surface area contributed by atoms with Crippen LogP contribution in [-0.2, 0) is 45.3 Å². The monoisotopic (exact) mass is 1400 g/mol. The van der Waals surface area contributed by atoms with Crippen LogP contribution in [0.5, 0.6) is 11.5 Å². The average molecular weight is 1400 g/mol. The minimum Gasteiger partial charge on any atom is -0.493 e. The van der Waals surface area contributed by atoms with Gasteiger partial charge in [-0.1, -0.05) is 51.4 Å². The van der Waals surface area contributed by atoms with E-state index in [4.69, 9.17) is 38.6 Å². The molecule has 10 heterocycles. The number of fused-ring (bicyclic) bond motifs is 2. The van der Waals surface area contributed by atoms with E-state index in [0.717, 1.165) is 45.5 Å². The summed E-state index contributed by atoms with van der Waals surface area (Å²) in [5.74, 6) is 0.706. The number of pyridine rings is 4. The fraction of sp³-hybridized carbons (Fsp3) is 0.500. The maximum atomic E-state index is 14.3. The number of carbonyl (C=O) groups is 2. The van der Waals surface area contributed by atoms with Gasteiger partial charge in [0.15, 0.2) is 22.8 Å². The quantitative estimate of drug-likeness (QED) is 0.0394. The maximum absolute atomic E-state index is 14.3. The largest absolute Gasteiger partial charge is 0.493 e. The summed E-state index contributed by atoms with van der Waals surface area (Å²) < 4.78 is 126. The summed E-state index contributed by atoms with van der Waals surface area (Å²) in [6.45, 7) is 30.6. The van der Waals surface area contributed by atoms with Crippen LogP contribution in [0.1, 0.15) is 87.8 Å². The fourth-order valence-corrected chi connectivity index (χ4v) is 12.8. The molecule has 2 aliphatic rings. The Kier molecular flexibility index (Phi) is 22.2. The number of ether oxygens (including phenoxy) is 6. The van der Waals surface area contributed by atoms with Crippen molar-refractivity contribution in [3.05, 3.63) is 107 Å². The van der Waals surface area contributed by atoms with Gasteiger partial charge in [0.1, 0.15) is 48.7 Å². The number of alkyl halides is 6.